The molecule has 0 aromatic carbocycles. The van der Waals surface area contributed by atoms with Gasteiger partial charge in [0.25, 0.3) is 0 Å². The van der Waals surface area contributed by atoms with Gasteiger partial charge in [0.2, 0.25) is 0 Å². The molecule has 0 amide bonds. The topological polar surface area (TPSA) is 679 Å². The Morgan fingerprint density at radius 1 is 0.240 bits per heavy atom. The molecular weight excluding hydrogens is 1570 g/mol. The fourth-order valence-corrected chi connectivity index (χ4v) is 7.07. The van der Waals surface area contributed by atoms with Crippen molar-refractivity contribution >= 4 is 47.8 Å². The number of hydrogen-bond donors (Lipinski definition) is 0. The van der Waals surface area contributed by atoms with Gasteiger partial charge >= 0.3 is 68.3 Å². The van der Waals surface area contributed by atoms with E-state index < -0.39 is 71.4 Å². The third kappa shape index (κ3) is 55.3. The first-order valence-electron chi connectivity index (χ1n) is 29.2. The van der Waals surface area contributed by atoms with Crippen molar-refractivity contribution in [2.24, 2.45) is 23.7 Å². The van der Waals surface area contributed by atoms with Gasteiger partial charge < -0.3 is 123 Å². The normalized spacial score (nSPS) is 8.69. The number of hydrogen-bond acceptors (Lipinski definition) is 24. The zero-order chi connectivity index (χ0) is 68.3. The zero-order valence-electron chi connectivity index (χ0n) is 56.7. The molecule has 0 fully saturated rings. The molecule has 8 rings (SSSR count). The van der Waals surface area contributed by atoms with Crippen molar-refractivity contribution in [3.8, 4) is 45.6 Å². The molecule has 18 N–H and O–H groups in total. The summed E-state index contributed by atoms with van der Waals surface area (Å²) < 4.78 is 0. The van der Waals surface area contributed by atoms with Gasteiger partial charge in [-0.15, -0.1) is 0 Å². The molecule has 0 aliphatic carbocycles. The maximum atomic E-state index is 10.1. The van der Waals surface area contributed by atoms with Crippen LogP contribution < -0.4 is 40.9 Å². The summed E-state index contributed by atoms with van der Waals surface area (Å²) in [7, 11) is 0. The van der Waals surface area contributed by atoms with Gasteiger partial charge in [-0.3, -0.25) is 39.9 Å². The molecule has 8 aromatic rings. The van der Waals surface area contributed by atoms with Gasteiger partial charge in [-0.05, 0) is 123 Å². The quantitative estimate of drug-likeness (QED) is 0.0310. The fraction of sp³-hybridized carbons (Fsp3) is 0.294. The third-order valence-corrected chi connectivity index (χ3v) is 12.0. The van der Waals surface area contributed by atoms with Crippen LogP contribution in [0.4, 0.5) is 0 Å². The number of carbonyl (C=O) groups is 8. The molecule has 0 unspecified atom stereocenters. The number of carboxylic acids is 8. The average molecular weight is 1660 g/mol. The number of rotatable bonds is 24. The smallest absolute Gasteiger partial charge is 0.549 e. The summed E-state index contributed by atoms with van der Waals surface area (Å²) >= 11 is 0. The number of unbranched alkanes of at least 4 members (excludes halogenated alkanes) is 4. The van der Waals surface area contributed by atoms with E-state index in [1.165, 1.54) is 0 Å². The van der Waals surface area contributed by atoms with Crippen molar-refractivity contribution in [2.75, 3.05) is 0 Å². The van der Waals surface area contributed by atoms with Crippen LogP contribution in [0, 0.1) is 23.7 Å². The van der Waals surface area contributed by atoms with E-state index >= 15 is 0 Å². The van der Waals surface area contributed by atoms with Gasteiger partial charge in [0.1, 0.15) is 0 Å². The zero-order valence-corrected chi connectivity index (χ0v) is 60.5. The fourth-order valence-electron chi connectivity index (χ4n) is 7.07. The summed E-state index contributed by atoms with van der Waals surface area (Å²) in [5, 5.41) is 80.9. The molecule has 36 heteroatoms. The Hall–Kier alpha value is -9.28. The minimum Gasteiger partial charge on any atom is -0.549 e. The van der Waals surface area contributed by atoms with Crippen molar-refractivity contribution in [3.05, 3.63) is 195 Å². The Morgan fingerprint density at radius 3 is 0.413 bits per heavy atom. The Balaban J connectivity index is -0.0000000916. The number of carboxylic acid groups (broad SMARTS) is 8. The van der Waals surface area contributed by atoms with Gasteiger partial charge in [0.05, 0.1) is 93.3 Å². The predicted octanol–water partition coefficient (Wildman–Crippen LogP) is -5.06. The number of aliphatic carboxylic acids is 8. The molecule has 588 valence electrons. The van der Waals surface area contributed by atoms with Crippen LogP contribution >= 0.6 is 0 Å². The molecule has 8 aromatic heterocycles. The SMILES string of the molecule is CCCCC(C(=O)[O-])C(=O)[O-].CCCCC(C(=O)[O-])C(=O)[O-].CCCCC(C(=O)[O-])C(=O)[O-].CCCCC(C(=O)[O-])C(=O)[O-].O.O.O.O.O.O.[Cu+2].[Cu+2].[Cu+2].[Cu+2].[OH3+].[OH3+].c1ccc(-c2ccccn2)nc1.c1ccc(-c2ccccn2)nc1.c1ccc(-c2ccccn2)nc1.c1ccc(-c2ccccn2)nc1. The number of aromatic nitrogens is 8. The maximum Gasteiger partial charge on any atom is 2.00 e. The van der Waals surface area contributed by atoms with Gasteiger partial charge in [0.15, 0.2) is 0 Å². The Bertz CT molecular complexity index is 2690. The van der Waals surface area contributed by atoms with Gasteiger partial charge in [-0.25, -0.2) is 0 Å². The molecular formula is C68H90Cu4N8O24+2. The maximum absolute atomic E-state index is 10.1. The van der Waals surface area contributed by atoms with E-state index in [0.29, 0.717) is 25.7 Å². The van der Waals surface area contributed by atoms with Crippen molar-refractivity contribution in [1.82, 2.24) is 39.9 Å². The molecule has 0 aliphatic heterocycles. The van der Waals surface area contributed by atoms with E-state index in [1.54, 1.807) is 49.6 Å². The minimum atomic E-state index is -1.56. The van der Waals surface area contributed by atoms with Crippen LogP contribution in [0.5, 0.6) is 0 Å². The molecule has 0 saturated heterocycles. The van der Waals surface area contributed by atoms with E-state index in [9.17, 15) is 79.2 Å². The second-order valence-electron chi connectivity index (χ2n) is 19.1. The molecule has 0 aliphatic rings. The van der Waals surface area contributed by atoms with Crippen LogP contribution in [0.15, 0.2) is 195 Å². The third-order valence-electron chi connectivity index (χ3n) is 12.0. The summed E-state index contributed by atoms with van der Waals surface area (Å²) in [6.07, 6.45) is 19.8. The largest absolute Gasteiger partial charge is 2.00 e. The molecule has 4 radical (unpaired) electrons. The first-order chi connectivity index (χ1) is 44.2. The van der Waals surface area contributed by atoms with Crippen LogP contribution in [0.25, 0.3) is 45.6 Å². The van der Waals surface area contributed by atoms with Crippen LogP contribution in [0.1, 0.15) is 105 Å². The first-order valence-corrected chi connectivity index (χ1v) is 29.2. The van der Waals surface area contributed by atoms with E-state index in [0.717, 1.165) is 71.2 Å². The molecule has 32 nitrogen and oxygen atoms in total. The summed E-state index contributed by atoms with van der Waals surface area (Å²) in [5.41, 5.74) is 7.32. The monoisotopic (exact) mass is 1650 g/mol. The van der Waals surface area contributed by atoms with Gasteiger partial charge in [0, 0.05) is 73.2 Å². The number of nitrogens with zero attached hydrogens (tertiary/aromatic N) is 8. The van der Waals surface area contributed by atoms with Crippen LogP contribution in [0.3, 0.4) is 0 Å². The van der Waals surface area contributed by atoms with Crippen LogP contribution in [0.2, 0.25) is 0 Å². The van der Waals surface area contributed by atoms with Crippen molar-refractivity contribution in [2.45, 2.75) is 105 Å². The van der Waals surface area contributed by atoms with E-state index in [4.69, 9.17) is 0 Å². The minimum absolute atomic E-state index is 0. The molecule has 0 bridgehead atoms. The Labute approximate surface area is 644 Å². The van der Waals surface area contributed by atoms with E-state index in [1.807, 2.05) is 173 Å². The van der Waals surface area contributed by atoms with Crippen LogP contribution in [-0.4, -0.2) is 120 Å². The van der Waals surface area contributed by atoms with Gasteiger partial charge in [-0.1, -0.05) is 128 Å². The summed E-state index contributed by atoms with van der Waals surface area (Å²) in [6, 6.07) is 46.4. The molecule has 104 heavy (non-hydrogen) atoms. The second-order valence-corrected chi connectivity index (χ2v) is 19.1. The summed E-state index contributed by atoms with van der Waals surface area (Å²) in [5.74, 6) is -18.3. The standard InChI is InChI=1S/4C10H8N2.4C7H12O4.4Cu.8H2O/c4*1-3-7-11-9(5-1)10-6-2-4-8-12-10;4*1-2-3-4-5(6(8)9)7(10)11;;;;;;;;;;;;/h4*1-8H;4*5H,2-4H2,1H3,(H,8,9)(H,10,11);;;;;8*1H2/q;;;;;;;;4*+2;;;;;;;;/p-6. The number of pyridine rings is 8. The van der Waals surface area contributed by atoms with Gasteiger partial charge in [-0.2, -0.15) is 0 Å². The van der Waals surface area contributed by atoms with Crippen molar-refractivity contribution in [1.29, 1.82) is 0 Å². The van der Waals surface area contributed by atoms with Crippen molar-refractivity contribution in [3.63, 3.8) is 0 Å². The second kappa shape index (κ2) is 76.4. The number of carbonyl (C=O) groups excluding carboxylic acids is 8. The molecule has 0 atom stereocenters. The van der Waals surface area contributed by atoms with Crippen LogP contribution in [-0.2, 0) is 118 Å². The van der Waals surface area contributed by atoms with Crippen molar-refractivity contribution < 1.29 is 191 Å². The average Bonchev–Trinajstić information content (AvgIpc) is 0.900. The predicted molar refractivity (Wildman–Crippen MR) is 353 cm³/mol. The first kappa shape index (κ1) is 122. The Morgan fingerprint density at radius 2 is 0.346 bits per heavy atom. The Kier molecular flexibility index (Phi) is 89.3. The van der Waals surface area contributed by atoms with E-state index in [2.05, 4.69) is 39.9 Å². The summed E-state index contributed by atoms with van der Waals surface area (Å²) in [6.45, 7) is 7.40. The van der Waals surface area contributed by atoms with E-state index in [-0.39, 0.29) is 138 Å². The molecule has 8 heterocycles. The molecule has 0 saturated carbocycles. The molecule has 0 spiro atoms. The summed E-state index contributed by atoms with van der Waals surface area (Å²) in [4.78, 5) is 114.